The summed E-state index contributed by atoms with van der Waals surface area (Å²) in [5.74, 6) is 1.96. The minimum atomic E-state index is 0.120. The molecule has 0 aromatic heterocycles. The molecule has 2 atom stereocenters. The number of nitrogens with one attached hydrogen (secondary N) is 1. The predicted octanol–water partition coefficient (Wildman–Crippen LogP) is 3.75. The Morgan fingerprint density at radius 3 is 2.65 bits per heavy atom. The first-order chi connectivity index (χ1) is 9.65. The summed E-state index contributed by atoms with van der Waals surface area (Å²) in [4.78, 5) is 2.50. The minimum Gasteiger partial charge on any atom is -0.384 e. The fraction of sp³-hybridized carbons (Fsp3) is 0.562. The maximum absolute atomic E-state index is 7.55. The van der Waals surface area contributed by atoms with Crippen molar-refractivity contribution in [2.24, 2.45) is 17.6 Å². The third-order valence-electron chi connectivity index (χ3n) is 4.90. The monoisotopic (exact) mass is 335 g/mol. The van der Waals surface area contributed by atoms with Gasteiger partial charge < -0.3 is 10.6 Å². The Morgan fingerprint density at radius 2 is 1.95 bits per heavy atom. The van der Waals surface area contributed by atoms with E-state index in [2.05, 4.69) is 33.0 Å². The second kappa shape index (κ2) is 5.76. The van der Waals surface area contributed by atoms with Crippen molar-refractivity contribution in [1.29, 1.82) is 5.41 Å². The summed E-state index contributed by atoms with van der Waals surface area (Å²) in [6, 6.07) is 6.17. The zero-order valence-electron chi connectivity index (χ0n) is 11.7. The van der Waals surface area contributed by atoms with Crippen LogP contribution in [0.2, 0.25) is 0 Å². The molecule has 0 amide bonds. The molecular weight excluding hydrogens is 314 g/mol. The topological polar surface area (TPSA) is 53.1 Å². The highest BCUT2D eigenvalue weighted by Gasteiger charge is 2.31. The quantitative estimate of drug-likeness (QED) is 0.638. The van der Waals surface area contributed by atoms with Crippen LogP contribution in [0.5, 0.6) is 0 Å². The Morgan fingerprint density at radius 1 is 1.20 bits per heavy atom. The van der Waals surface area contributed by atoms with Crippen LogP contribution in [-0.4, -0.2) is 18.9 Å². The molecule has 1 aliphatic carbocycles. The molecule has 1 heterocycles. The van der Waals surface area contributed by atoms with E-state index in [1.54, 1.807) is 0 Å². The van der Waals surface area contributed by atoms with Crippen LogP contribution in [0.3, 0.4) is 0 Å². The molecule has 2 unspecified atom stereocenters. The average Bonchev–Trinajstić information content (AvgIpc) is 2.46. The molecule has 1 aromatic rings. The van der Waals surface area contributed by atoms with E-state index in [4.69, 9.17) is 11.1 Å². The zero-order chi connectivity index (χ0) is 14.1. The largest absolute Gasteiger partial charge is 0.384 e. The lowest BCUT2D eigenvalue weighted by Gasteiger charge is -2.42. The molecule has 108 valence electrons. The molecule has 3 N–H and O–H groups in total. The standard InChI is InChI=1S/C16H22BrN3/c17-15-9-13(5-6-14(15)16(18)19)20-8-7-11-3-1-2-4-12(11)10-20/h5-6,9,11-12H,1-4,7-8,10H2,(H3,18,19). The van der Waals surface area contributed by atoms with E-state index < -0.39 is 0 Å². The van der Waals surface area contributed by atoms with Crippen LogP contribution in [0, 0.1) is 17.2 Å². The minimum absolute atomic E-state index is 0.120. The average molecular weight is 336 g/mol. The van der Waals surface area contributed by atoms with Gasteiger partial charge in [0.25, 0.3) is 0 Å². The van der Waals surface area contributed by atoms with E-state index in [1.165, 1.54) is 44.3 Å². The van der Waals surface area contributed by atoms with Crippen LogP contribution in [0.15, 0.2) is 22.7 Å². The number of anilines is 1. The predicted molar refractivity (Wildman–Crippen MR) is 87.4 cm³/mol. The molecule has 1 aliphatic heterocycles. The second-order valence-electron chi connectivity index (χ2n) is 6.12. The number of nitrogens with zero attached hydrogens (tertiary/aromatic N) is 1. The van der Waals surface area contributed by atoms with E-state index in [-0.39, 0.29) is 5.84 Å². The molecule has 2 aliphatic rings. The van der Waals surface area contributed by atoms with Crippen molar-refractivity contribution in [1.82, 2.24) is 0 Å². The Labute approximate surface area is 129 Å². The number of amidine groups is 1. The van der Waals surface area contributed by atoms with Gasteiger partial charge in [0.15, 0.2) is 0 Å². The number of hydrogen-bond donors (Lipinski definition) is 2. The summed E-state index contributed by atoms with van der Waals surface area (Å²) < 4.78 is 0.924. The van der Waals surface area contributed by atoms with Gasteiger partial charge in [-0.3, -0.25) is 5.41 Å². The number of piperidine rings is 1. The SMILES string of the molecule is N=C(N)c1ccc(N2CCC3CCCCC3C2)cc1Br. The third kappa shape index (κ3) is 2.71. The number of fused-ring (bicyclic) bond motifs is 1. The van der Waals surface area contributed by atoms with Gasteiger partial charge in [-0.05, 0) is 58.8 Å². The maximum atomic E-state index is 7.55. The Hall–Kier alpha value is -1.03. The van der Waals surface area contributed by atoms with Crippen molar-refractivity contribution in [3.8, 4) is 0 Å². The highest BCUT2D eigenvalue weighted by Crippen LogP contribution is 2.38. The molecule has 0 bridgehead atoms. The first-order valence-electron chi connectivity index (χ1n) is 7.54. The first kappa shape index (κ1) is 13.9. The Kier molecular flexibility index (Phi) is 4.01. The highest BCUT2D eigenvalue weighted by atomic mass is 79.9. The third-order valence-corrected chi connectivity index (χ3v) is 5.56. The van der Waals surface area contributed by atoms with Gasteiger partial charge in [-0.1, -0.05) is 19.3 Å². The van der Waals surface area contributed by atoms with Gasteiger partial charge >= 0.3 is 0 Å². The lowest BCUT2D eigenvalue weighted by Crippen LogP contribution is -2.41. The molecule has 4 heteroatoms. The van der Waals surface area contributed by atoms with E-state index in [9.17, 15) is 0 Å². The van der Waals surface area contributed by atoms with Crippen LogP contribution in [0.25, 0.3) is 0 Å². The van der Waals surface area contributed by atoms with Crippen molar-refractivity contribution in [2.45, 2.75) is 32.1 Å². The summed E-state index contributed by atoms with van der Waals surface area (Å²) in [5, 5.41) is 7.55. The van der Waals surface area contributed by atoms with Gasteiger partial charge in [0, 0.05) is 28.8 Å². The highest BCUT2D eigenvalue weighted by molar-refractivity contribution is 9.10. The van der Waals surface area contributed by atoms with Crippen molar-refractivity contribution in [3.05, 3.63) is 28.2 Å². The van der Waals surface area contributed by atoms with Crippen LogP contribution in [0.4, 0.5) is 5.69 Å². The summed E-state index contributed by atoms with van der Waals surface area (Å²) in [6.45, 7) is 2.35. The smallest absolute Gasteiger partial charge is 0.123 e. The van der Waals surface area contributed by atoms with Crippen LogP contribution < -0.4 is 10.6 Å². The van der Waals surface area contributed by atoms with Crippen molar-refractivity contribution < 1.29 is 0 Å². The number of nitrogens with two attached hydrogens (primary N) is 1. The van der Waals surface area contributed by atoms with Crippen molar-refractivity contribution in [3.63, 3.8) is 0 Å². The van der Waals surface area contributed by atoms with E-state index in [0.717, 1.165) is 28.4 Å². The van der Waals surface area contributed by atoms with Crippen LogP contribution in [-0.2, 0) is 0 Å². The van der Waals surface area contributed by atoms with Crippen LogP contribution >= 0.6 is 15.9 Å². The van der Waals surface area contributed by atoms with Gasteiger partial charge in [0.05, 0.1) is 0 Å². The van der Waals surface area contributed by atoms with Crippen molar-refractivity contribution in [2.75, 3.05) is 18.0 Å². The zero-order valence-corrected chi connectivity index (χ0v) is 13.3. The molecule has 1 saturated heterocycles. The summed E-state index contributed by atoms with van der Waals surface area (Å²) >= 11 is 3.54. The lowest BCUT2D eigenvalue weighted by atomic mass is 9.75. The lowest BCUT2D eigenvalue weighted by molar-refractivity contribution is 0.202. The second-order valence-corrected chi connectivity index (χ2v) is 6.97. The van der Waals surface area contributed by atoms with Crippen LogP contribution in [0.1, 0.15) is 37.7 Å². The van der Waals surface area contributed by atoms with E-state index in [1.807, 2.05) is 6.07 Å². The van der Waals surface area contributed by atoms with Gasteiger partial charge in [0.1, 0.15) is 5.84 Å². The van der Waals surface area contributed by atoms with E-state index >= 15 is 0 Å². The van der Waals surface area contributed by atoms with Gasteiger partial charge in [-0.2, -0.15) is 0 Å². The molecule has 20 heavy (non-hydrogen) atoms. The number of benzene rings is 1. The molecule has 0 spiro atoms. The summed E-state index contributed by atoms with van der Waals surface area (Å²) in [6.07, 6.45) is 7.00. The fourth-order valence-electron chi connectivity index (χ4n) is 3.75. The number of nitrogen functional groups attached to an aromatic ring is 1. The molecule has 3 nitrogen and oxygen atoms in total. The summed E-state index contributed by atoms with van der Waals surface area (Å²) in [5.41, 5.74) is 7.60. The van der Waals surface area contributed by atoms with E-state index in [0.29, 0.717) is 0 Å². The number of rotatable bonds is 2. The molecule has 2 fully saturated rings. The molecule has 1 saturated carbocycles. The van der Waals surface area contributed by atoms with Gasteiger partial charge in [-0.25, -0.2) is 0 Å². The molecular formula is C16H22BrN3. The van der Waals surface area contributed by atoms with Crippen molar-refractivity contribution >= 4 is 27.5 Å². The summed E-state index contributed by atoms with van der Waals surface area (Å²) in [7, 11) is 0. The number of halogens is 1. The molecule has 3 rings (SSSR count). The fourth-order valence-corrected chi connectivity index (χ4v) is 4.33. The normalized spacial score (nSPS) is 26.1. The molecule has 0 radical (unpaired) electrons. The first-order valence-corrected chi connectivity index (χ1v) is 8.33. The Balaban J connectivity index is 1.76. The number of hydrogen-bond acceptors (Lipinski definition) is 2. The maximum Gasteiger partial charge on any atom is 0.123 e. The molecule has 1 aromatic carbocycles. The van der Waals surface area contributed by atoms with Gasteiger partial charge in [-0.15, -0.1) is 0 Å². The van der Waals surface area contributed by atoms with Gasteiger partial charge in [0.2, 0.25) is 0 Å². The Bertz CT molecular complexity index is 514.